The highest BCUT2D eigenvalue weighted by Gasteiger charge is 2.23. The summed E-state index contributed by atoms with van der Waals surface area (Å²) in [6.45, 7) is 0.215. The lowest BCUT2D eigenvalue weighted by molar-refractivity contribution is 0.201. The van der Waals surface area contributed by atoms with Crippen LogP contribution >= 0.6 is 23.2 Å². The van der Waals surface area contributed by atoms with Gasteiger partial charge in [0, 0.05) is 6.54 Å². The summed E-state index contributed by atoms with van der Waals surface area (Å²) in [5.74, 6) is 1.16. The van der Waals surface area contributed by atoms with E-state index in [0.29, 0.717) is 22.8 Å². The predicted molar refractivity (Wildman–Crippen MR) is 147 cm³/mol. The lowest BCUT2D eigenvalue weighted by atomic mass is 10.2. The van der Waals surface area contributed by atoms with Crippen LogP contribution in [0.4, 0.5) is 10.5 Å². The van der Waals surface area contributed by atoms with Gasteiger partial charge in [0.15, 0.2) is 11.5 Å². The van der Waals surface area contributed by atoms with Crippen LogP contribution < -0.4 is 19.0 Å². The van der Waals surface area contributed by atoms with E-state index >= 15 is 0 Å². The van der Waals surface area contributed by atoms with Gasteiger partial charge in [0.2, 0.25) is 0 Å². The Bertz CT molecular complexity index is 1560. The first-order valence-corrected chi connectivity index (χ1v) is 13.6. The van der Waals surface area contributed by atoms with E-state index in [1.807, 2.05) is 0 Å². The van der Waals surface area contributed by atoms with Crippen molar-refractivity contribution in [2.24, 2.45) is 0 Å². The van der Waals surface area contributed by atoms with Gasteiger partial charge in [-0.25, -0.2) is 4.79 Å². The molecule has 0 saturated heterocycles. The molecule has 0 aliphatic heterocycles. The summed E-state index contributed by atoms with van der Waals surface area (Å²) in [4.78, 5) is 14.6. The molecule has 0 unspecified atom stereocenters. The highest BCUT2D eigenvalue weighted by atomic mass is 35.5. The topological polar surface area (TPSA) is 107 Å². The van der Waals surface area contributed by atoms with Crippen LogP contribution in [0.2, 0.25) is 10.0 Å². The number of carbonyl (C=O) groups excluding carboxylic acids is 1. The Labute approximate surface area is 235 Å². The SMILES string of the molecule is COc1ccccc1NC(=O)N(Cc1ccc(OC)c(OS(=O)(=O)c2ccc(Cl)c(Cl)c2)c1)Cc1ccco1. The van der Waals surface area contributed by atoms with E-state index in [1.54, 1.807) is 48.5 Å². The fourth-order valence-electron chi connectivity index (χ4n) is 3.64. The molecule has 0 radical (unpaired) electrons. The minimum Gasteiger partial charge on any atom is -0.495 e. The van der Waals surface area contributed by atoms with Gasteiger partial charge in [-0.15, -0.1) is 0 Å². The average Bonchev–Trinajstić information content (AvgIpc) is 3.43. The maximum Gasteiger partial charge on any atom is 0.339 e. The van der Waals surface area contributed by atoms with Gasteiger partial charge in [0.1, 0.15) is 16.4 Å². The zero-order chi connectivity index (χ0) is 28.0. The van der Waals surface area contributed by atoms with E-state index < -0.39 is 16.1 Å². The molecule has 0 aliphatic carbocycles. The molecule has 3 aromatic carbocycles. The third-order valence-corrected chi connectivity index (χ3v) is 7.51. The molecule has 204 valence electrons. The van der Waals surface area contributed by atoms with E-state index in [1.165, 1.54) is 49.6 Å². The van der Waals surface area contributed by atoms with E-state index in [0.717, 1.165) is 0 Å². The number of hydrogen-bond donors (Lipinski definition) is 1. The molecule has 12 heteroatoms. The smallest absolute Gasteiger partial charge is 0.339 e. The Morgan fingerprint density at radius 3 is 2.33 bits per heavy atom. The Morgan fingerprint density at radius 1 is 0.872 bits per heavy atom. The van der Waals surface area contributed by atoms with Crippen LogP contribution in [0.25, 0.3) is 0 Å². The maximum atomic E-state index is 13.3. The maximum absolute atomic E-state index is 13.3. The summed E-state index contributed by atoms with van der Waals surface area (Å²) in [5.41, 5.74) is 1.05. The minimum absolute atomic E-state index is 0.0656. The second kappa shape index (κ2) is 12.3. The fraction of sp³-hybridized carbons (Fsp3) is 0.148. The molecule has 0 bridgehead atoms. The number of urea groups is 1. The van der Waals surface area contributed by atoms with Crippen molar-refractivity contribution in [3.8, 4) is 17.2 Å². The molecule has 9 nitrogen and oxygen atoms in total. The van der Waals surface area contributed by atoms with Crippen LogP contribution in [0.5, 0.6) is 17.2 Å². The molecule has 2 amide bonds. The number of furan rings is 1. The van der Waals surface area contributed by atoms with E-state index in [9.17, 15) is 13.2 Å². The van der Waals surface area contributed by atoms with E-state index in [-0.39, 0.29) is 39.5 Å². The number of benzene rings is 3. The van der Waals surface area contributed by atoms with Gasteiger partial charge in [-0.3, -0.25) is 0 Å². The molecular formula is C27H24Cl2N2O7S. The Hall–Kier alpha value is -3.86. The number of amides is 2. The Balaban J connectivity index is 1.61. The van der Waals surface area contributed by atoms with Crippen molar-refractivity contribution in [3.63, 3.8) is 0 Å². The molecular weight excluding hydrogens is 567 g/mol. The highest BCUT2D eigenvalue weighted by molar-refractivity contribution is 7.87. The second-order valence-electron chi connectivity index (χ2n) is 8.16. The number of methoxy groups -OCH3 is 2. The molecule has 1 heterocycles. The van der Waals surface area contributed by atoms with Crippen LogP contribution in [0, 0.1) is 0 Å². The minimum atomic E-state index is -4.28. The average molecular weight is 591 g/mol. The molecule has 1 N–H and O–H groups in total. The molecule has 4 rings (SSSR count). The van der Waals surface area contributed by atoms with Crippen molar-refractivity contribution >= 4 is 45.0 Å². The summed E-state index contributed by atoms with van der Waals surface area (Å²) >= 11 is 11.9. The van der Waals surface area contributed by atoms with Gasteiger partial charge in [0.25, 0.3) is 0 Å². The number of ether oxygens (including phenoxy) is 2. The number of halogens is 2. The molecule has 0 spiro atoms. The lowest BCUT2D eigenvalue weighted by Crippen LogP contribution is -2.34. The summed E-state index contributed by atoms with van der Waals surface area (Å²) < 4.78 is 47.4. The van der Waals surface area contributed by atoms with E-state index in [4.69, 9.17) is 41.3 Å². The molecule has 39 heavy (non-hydrogen) atoms. The molecule has 1 aromatic heterocycles. The van der Waals surface area contributed by atoms with Crippen molar-refractivity contribution in [2.75, 3.05) is 19.5 Å². The Kier molecular flexibility index (Phi) is 8.90. The number of nitrogens with zero attached hydrogens (tertiary/aromatic N) is 1. The first-order chi connectivity index (χ1) is 18.7. The summed E-state index contributed by atoms with van der Waals surface area (Å²) in [5, 5.41) is 3.12. The van der Waals surface area contributed by atoms with Crippen LogP contribution in [-0.2, 0) is 23.2 Å². The van der Waals surface area contributed by atoms with Crippen molar-refractivity contribution in [1.29, 1.82) is 0 Å². The monoisotopic (exact) mass is 590 g/mol. The van der Waals surface area contributed by atoms with Gasteiger partial charge < -0.3 is 28.3 Å². The standard InChI is InChI=1S/C27H24Cl2N2O7S/c1-35-24-8-4-3-7-23(24)30-27(32)31(17-19-6-5-13-37-19)16-18-9-12-25(36-2)26(14-18)38-39(33,34)20-10-11-21(28)22(29)15-20/h3-15H,16-17H2,1-2H3,(H,30,32). The van der Waals surface area contributed by atoms with Gasteiger partial charge in [-0.2, -0.15) is 8.42 Å². The highest BCUT2D eigenvalue weighted by Crippen LogP contribution is 2.33. The predicted octanol–water partition coefficient (Wildman–Crippen LogP) is 6.61. The first-order valence-electron chi connectivity index (χ1n) is 11.5. The fourth-order valence-corrected chi connectivity index (χ4v) is 4.96. The molecule has 0 saturated carbocycles. The van der Waals surface area contributed by atoms with Gasteiger partial charge in [-0.1, -0.05) is 41.4 Å². The first kappa shape index (κ1) is 28.2. The summed E-state index contributed by atoms with van der Waals surface area (Å²) in [7, 11) is -1.38. The number of anilines is 1. The van der Waals surface area contributed by atoms with Crippen molar-refractivity contribution < 1.29 is 31.3 Å². The van der Waals surface area contributed by atoms with Crippen LogP contribution in [0.1, 0.15) is 11.3 Å². The van der Waals surface area contributed by atoms with Gasteiger partial charge in [-0.05, 0) is 60.2 Å². The second-order valence-corrected chi connectivity index (χ2v) is 10.5. The van der Waals surface area contributed by atoms with E-state index in [2.05, 4.69) is 5.32 Å². The molecule has 0 atom stereocenters. The number of rotatable bonds is 10. The third kappa shape index (κ3) is 6.97. The summed E-state index contributed by atoms with van der Waals surface area (Å²) in [6.07, 6.45) is 1.51. The normalized spacial score (nSPS) is 11.1. The van der Waals surface area contributed by atoms with Crippen molar-refractivity contribution in [2.45, 2.75) is 18.0 Å². The number of hydrogen-bond acceptors (Lipinski definition) is 7. The molecule has 0 aliphatic rings. The Morgan fingerprint density at radius 2 is 1.64 bits per heavy atom. The molecule has 0 fully saturated rings. The lowest BCUT2D eigenvalue weighted by Gasteiger charge is -2.23. The quantitative estimate of drug-likeness (QED) is 0.207. The largest absolute Gasteiger partial charge is 0.495 e. The van der Waals surface area contributed by atoms with Crippen LogP contribution in [0.3, 0.4) is 0 Å². The van der Waals surface area contributed by atoms with Crippen LogP contribution in [0.15, 0.2) is 88.4 Å². The molecule has 4 aromatic rings. The van der Waals surface area contributed by atoms with Gasteiger partial charge >= 0.3 is 16.1 Å². The van der Waals surface area contributed by atoms with Gasteiger partial charge in [0.05, 0.1) is 42.8 Å². The van der Waals surface area contributed by atoms with Crippen molar-refractivity contribution in [1.82, 2.24) is 4.90 Å². The van der Waals surface area contributed by atoms with Crippen LogP contribution in [-0.4, -0.2) is 33.6 Å². The van der Waals surface area contributed by atoms with Crippen molar-refractivity contribution in [3.05, 3.63) is 100 Å². The zero-order valence-electron chi connectivity index (χ0n) is 20.9. The summed E-state index contributed by atoms with van der Waals surface area (Å²) in [6, 6.07) is 18.6. The number of para-hydroxylation sites is 2. The number of nitrogens with one attached hydrogen (secondary N) is 1. The zero-order valence-corrected chi connectivity index (χ0v) is 23.2. The third-order valence-electron chi connectivity index (χ3n) is 5.54. The number of carbonyl (C=O) groups is 1.